The topological polar surface area (TPSA) is 134 Å². The maximum atomic E-state index is 13.3. The maximum Gasteiger partial charge on any atom is 0.376 e. The number of phenols is 1. The fraction of sp³-hybridized carbons (Fsp3) is 0.0556. The summed E-state index contributed by atoms with van der Waals surface area (Å²) in [6.45, 7) is 0. The average molecular weight is 399 g/mol. The number of anilines is 2. The predicted molar refractivity (Wildman–Crippen MR) is 103 cm³/mol. The summed E-state index contributed by atoms with van der Waals surface area (Å²) in [5, 5.41) is 26.0. The van der Waals surface area contributed by atoms with Gasteiger partial charge in [0.05, 0.1) is 16.8 Å². The van der Waals surface area contributed by atoms with E-state index in [1.54, 1.807) is 0 Å². The molecule has 0 atom stereocenters. The summed E-state index contributed by atoms with van der Waals surface area (Å²) in [7, 11) is 1.10. The summed E-state index contributed by atoms with van der Waals surface area (Å²) in [5.74, 6) is -1.00. The lowest BCUT2D eigenvalue weighted by atomic mass is 10.2. The molecule has 0 aliphatic rings. The van der Waals surface area contributed by atoms with Gasteiger partial charge in [0.2, 0.25) is 5.82 Å². The lowest BCUT2D eigenvalue weighted by Crippen LogP contribution is -2.36. The van der Waals surface area contributed by atoms with Crippen molar-refractivity contribution in [2.45, 2.75) is 0 Å². The smallest absolute Gasteiger partial charge is 0.376 e. The van der Waals surface area contributed by atoms with Crippen molar-refractivity contribution < 1.29 is 14.4 Å². The molecule has 0 fully saturated rings. The number of aromatic nitrogens is 2. The highest BCUT2D eigenvalue weighted by Crippen LogP contribution is 2.29. The quantitative estimate of drug-likeness (QED) is 0.383. The molecule has 0 bridgehead atoms. The van der Waals surface area contributed by atoms with Gasteiger partial charge < -0.3 is 5.11 Å². The van der Waals surface area contributed by atoms with Gasteiger partial charge in [-0.15, -0.1) is 0 Å². The highest BCUT2D eigenvalue weighted by molar-refractivity contribution is 5.82. The molecular weight excluding hydrogens is 385 g/mol. The van der Waals surface area contributed by atoms with Crippen LogP contribution in [0.3, 0.4) is 0 Å². The lowest BCUT2D eigenvalue weighted by molar-refractivity contribution is -0.386. The molecule has 0 aliphatic heterocycles. The Bertz CT molecular complexity index is 1200. The highest BCUT2D eigenvalue weighted by atomic mass is 19.1. The van der Waals surface area contributed by atoms with E-state index in [4.69, 9.17) is 0 Å². The van der Waals surface area contributed by atoms with Gasteiger partial charge in [-0.05, 0) is 54.1 Å². The molecule has 0 aliphatic carbocycles. The van der Waals surface area contributed by atoms with Crippen molar-refractivity contribution in [2.75, 3.05) is 5.01 Å². The van der Waals surface area contributed by atoms with Gasteiger partial charge in [0.1, 0.15) is 11.6 Å². The molecule has 3 rings (SSSR count). The summed E-state index contributed by atoms with van der Waals surface area (Å²) >= 11 is 0. The number of halogens is 1. The molecule has 0 amide bonds. The molecule has 1 heterocycles. The van der Waals surface area contributed by atoms with Crippen LogP contribution in [-0.4, -0.2) is 25.8 Å². The number of hydrogen-bond donors (Lipinski definition) is 2. The Kier molecular flexibility index (Phi) is 5.21. The number of benzene rings is 2. The molecule has 2 aromatic carbocycles. The monoisotopic (exact) mass is 399 g/mol. The second-order valence-electron chi connectivity index (χ2n) is 5.87. The van der Waals surface area contributed by atoms with Gasteiger partial charge in [0.25, 0.3) is 0 Å². The van der Waals surface area contributed by atoms with Crippen molar-refractivity contribution in [3.63, 3.8) is 0 Å². The standard InChI is InChI=1S/C18H14FN5O5/c1-22-17(26)15(24(28)29)16(21-18(22)27)23(13-6-4-12(19)5-7-13)20-10-11-2-8-14(25)9-3-11/h2-10,25H,1H3,(H,21,27)/b20-10+. The molecule has 0 saturated carbocycles. The minimum absolute atomic E-state index is 0.0315. The number of hydrogen-bond acceptors (Lipinski definition) is 7. The molecule has 0 unspecified atom stereocenters. The molecule has 10 nitrogen and oxygen atoms in total. The predicted octanol–water partition coefficient (Wildman–Crippen LogP) is 2.00. The van der Waals surface area contributed by atoms with Crippen LogP contribution in [0, 0.1) is 15.9 Å². The zero-order chi connectivity index (χ0) is 21.1. The zero-order valence-corrected chi connectivity index (χ0v) is 14.9. The van der Waals surface area contributed by atoms with Crippen LogP contribution < -0.4 is 16.3 Å². The van der Waals surface area contributed by atoms with E-state index < -0.39 is 33.5 Å². The van der Waals surface area contributed by atoms with E-state index in [2.05, 4.69) is 10.1 Å². The van der Waals surface area contributed by atoms with Crippen LogP contribution in [0.15, 0.2) is 63.2 Å². The number of rotatable bonds is 5. The van der Waals surface area contributed by atoms with Gasteiger partial charge in [-0.2, -0.15) is 5.10 Å². The first-order valence-electron chi connectivity index (χ1n) is 8.14. The number of nitrogens with zero attached hydrogens (tertiary/aromatic N) is 4. The molecule has 148 valence electrons. The Morgan fingerprint density at radius 1 is 1.17 bits per heavy atom. The second kappa shape index (κ2) is 7.76. The van der Waals surface area contributed by atoms with E-state index in [9.17, 15) is 29.2 Å². The van der Waals surface area contributed by atoms with Crippen LogP contribution in [0.25, 0.3) is 0 Å². The number of nitrogens with one attached hydrogen (secondary N) is 1. The van der Waals surface area contributed by atoms with E-state index in [-0.39, 0.29) is 11.4 Å². The Labute approximate surface area is 161 Å². The molecule has 11 heteroatoms. The van der Waals surface area contributed by atoms with Crippen molar-refractivity contribution in [1.29, 1.82) is 0 Å². The SMILES string of the molecule is Cn1c(=O)[nH]c(N(/N=C/c2ccc(O)cc2)c2ccc(F)cc2)c([N+](=O)[O-])c1=O. The molecule has 29 heavy (non-hydrogen) atoms. The summed E-state index contributed by atoms with van der Waals surface area (Å²) in [6.07, 6.45) is 1.29. The summed E-state index contributed by atoms with van der Waals surface area (Å²) in [6, 6.07) is 10.6. The summed E-state index contributed by atoms with van der Waals surface area (Å²) in [4.78, 5) is 37.2. The zero-order valence-electron chi connectivity index (χ0n) is 14.9. The number of hydrazone groups is 1. The number of aromatic amines is 1. The van der Waals surface area contributed by atoms with E-state index in [0.717, 1.165) is 24.2 Å². The van der Waals surface area contributed by atoms with E-state index in [1.165, 1.54) is 42.6 Å². The molecular formula is C18H14FN5O5. The number of nitro groups is 1. The molecule has 3 aromatic rings. The van der Waals surface area contributed by atoms with Crippen molar-refractivity contribution in [3.05, 3.63) is 90.9 Å². The lowest BCUT2D eigenvalue weighted by Gasteiger charge is -2.18. The Hall–Kier alpha value is -4.28. The van der Waals surface area contributed by atoms with E-state index in [1.807, 2.05) is 0 Å². The van der Waals surface area contributed by atoms with Crippen molar-refractivity contribution in [3.8, 4) is 5.75 Å². The average Bonchev–Trinajstić information content (AvgIpc) is 2.68. The van der Waals surface area contributed by atoms with Crippen LogP contribution in [0.1, 0.15) is 5.56 Å². The third-order valence-electron chi connectivity index (χ3n) is 3.94. The molecule has 2 N–H and O–H groups in total. The number of aromatic hydroxyl groups is 1. The van der Waals surface area contributed by atoms with Crippen LogP contribution in [-0.2, 0) is 7.05 Å². The molecule has 1 aromatic heterocycles. The number of phenolic OH excluding ortho intramolecular Hbond substituents is 1. The van der Waals surface area contributed by atoms with Crippen molar-refractivity contribution in [1.82, 2.24) is 9.55 Å². The van der Waals surface area contributed by atoms with E-state index >= 15 is 0 Å². The van der Waals surface area contributed by atoms with E-state index in [0.29, 0.717) is 10.1 Å². The molecule has 0 radical (unpaired) electrons. The Balaban J connectivity index is 2.22. The largest absolute Gasteiger partial charge is 0.508 e. The molecule has 0 spiro atoms. The first kappa shape index (κ1) is 19.5. The van der Waals surface area contributed by atoms with Crippen LogP contribution in [0.4, 0.5) is 21.6 Å². The van der Waals surface area contributed by atoms with Gasteiger partial charge in [-0.3, -0.25) is 24.5 Å². The van der Waals surface area contributed by atoms with Gasteiger partial charge in [0, 0.05) is 7.05 Å². The maximum absolute atomic E-state index is 13.3. The number of H-pyrrole nitrogens is 1. The normalized spacial score (nSPS) is 11.0. The Morgan fingerprint density at radius 2 is 1.79 bits per heavy atom. The van der Waals surface area contributed by atoms with Crippen LogP contribution in [0.5, 0.6) is 5.75 Å². The fourth-order valence-corrected chi connectivity index (χ4v) is 2.44. The summed E-state index contributed by atoms with van der Waals surface area (Å²) in [5.41, 5.74) is -2.24. The first-order chi connectivity index (χ1) is 13.8. The second-order valence-corrected chi connectivity index (χ2v) is 5.87. The van der Waals surface area contributed by atoms with Crippen LogP contribution >= 0.6 is 0 Å². The third-order valence-corrected chi connectivity index (χ3v) is 3.94. The fourth-order valence-electron chi connectivity index (χ4n) is 2.44. The van der Waals surface area contributed by atoms with Crippen LogP contribution in [0.2, 0.25) is 0 Å². The Morgan fingerprint density at radius 3 is 2.38 bits per heavy atom. The van der Waals surface area contributed by atoms with Gasteiger partial charge in [-0.25, -0.2) is 14.2 Å². The van der Waals surface area contributed by atoms with Crippen molar-refractivity contribution in [2.24, 2.45) is 12.1 Å². The minimum atomic E-state index is -1.12. The minimum Gasteiger partial charge on any atom is -0.508 e. The highest BCUT2D eigenvalue weighted by Gasteiger charge is 2.28. The third kappa shape index (κ3) is 4.03. The summed E-state index contributed by atoms with van der Waals surface area (Å²) < 4.78 is 13.9. The van der Waals surface area contributed by atoms with Gasteiger partial charge >= 0.3 is 16.9 Å². The molecule has 0 saturated heterocycles. The van der Waals surface area contributed by atoms with Gasteiger partial charge in [0.15, 0.2) is 0 Å². The van der Waals surface area contributed by atoms with Crippen molar-refractivity contribution >= 4 is 23.4 Å². The van der Waals surface area contributed by atoms with Gasteiger partial charge in [-0.1, -0.05) is 0 Å². The first-order valence-corrected chi connectivity index (χ1v) is 8.14.